The van der Waals surface area contributed by atoms with E-state index in [1.165, 1.54) is 0 Å². The average molecular weight is 338 g/mol. The van der Waals surface area contributed by atoms with Crippen LogP contribution >= 0.6 is 23.1 Å². The Morgan fingerprint density at radius 3 is 2.64 bits per heavy atom. The first-order chi connectivity index (χ1) is 10.3. The van der Waals surface area contributed by atoms with Gasteiger partial charge in [-0.1, -0.05) is 11.8 Å². The van der Waals surface area contributed by atoms with Crippen LogP contribution in [0.3, 0.4) is 0 Å². The second kappa shape index (κ2) is 6.96. The van der Waals surface area contributed by atoms with E-state index in [1.54, 1.807) is 34.6 Å². The lowest BCUT2D eigenvalue weighted by atomic mass is 10.2. The monoisotopic (exact) mass is 338 g/mol. The minimum absolute atomic E-state index is 0.0518. The molecule has 0 N–H and O–H groups in total. The normalized spacial score (nSPS) is 11.5. The third kappa shape index (κ3) is 3.43. The van der Waals surface area contributed by atoms with Crippen LogP contribution in [0.25, 0.3) is 10.2 Å². The van der Waals surface area contributed by atoms with E-state index in [0.717, 1.165) is 38.0 Å². The van der Waals surface area contributed by atoms with Crippen molar-refractivity contribution >= 4 is 39.1 Å². The van der Waals surface area contributed by atoms with Crippen LogP contribution in [0.15, 0.2) is 9.95 Å². The quantitative estimate of drug-likeness (QED) is 0.452. The third-order valence-corrected chi connectivity index (χ3v) is 5.76. The van der Waals surface area contributed by atoms with Crippen LogP contribution in [0.5, 0.6) is 0 Å². The lowest BCUT2D eigenvalue weighted by Crippen LogP contribution is -2.25. The van der Waals surface area contributed by atoms with Crippen molar-refractivity contribution in [2.75, 3.05) is 5.75 Å². The van der Waals surface area contributed by atoms with Crippen molar-refractivity contribution in [2.24, 2.45) is 0 Å². The summed E-state index contributed by atoms with van der Waals surface area (Å²) in [5, 5.41) is 1.52. The van der Waals surface area contributed by atoms with Crippen molar-refractivity contribution in [3.05, 3.63) is 20.8 Å². The Hall–Kier alpha value is -1.14. The molecule has 0 saturated heterocycles. The summed E-state index contributed by atoms with van der Waals surface area (Å²) in [5.41, 5.74) is 1.09. The van der Waals surface area contributed by atoms with Gasteiger partial charge < -0.3 is 4.79 Å². The summed E-state index contributed by atoms with van der Waals surface area (Å²) in [6.07, 6.45) is 1.40. The number of nitrogens with zero attached hydrogens (tertiary/aromatic N) is 2. The molecule has 0 fully saturated rings. The maximum Gasteiger partial charge on any atom is 0.263 e. The van der Waals surface area contributed by atoms with E-state index in [2.05, 4.69) is 0 Å². The number of thioether (sulfide) groups is 1. The molecule has 0 aliphatic carbocycles. The lowest BCUT2D eigenvalue weighted by molar-refractivity contribution is -0.117. The number of Topliss-reactive ketones (excluding diaryl/α,β-unsaturated/α-hetero) is 1. The topological polar surface area (TPSA) is 52.0 Å². The molecule has 0 aliphatic heterocycles. The molecular formula is C16H22N2O2S2. The van der Waals surface area contributed by atoms with E-state index in [9.17, 15) is 9.59 Å². The molecule has 0 unspecified atom stereocenters. The standard InChI is InChI=1S/C16H22N2O2S2/c1-9(2)18-15(20)13-11(4)12(5)22-14(13)17-16(18)21-8-6-7-10(3)19/h9H,6-8H2,1-5H3. The van der Waals surface area contributed by atoms with Crippen LogP contribution in [0.1, 0.15) is 50.1 Å². The van der Waals surface area contributed by atoms with Crippen molar-refractivity contribution in [3.63, 3.8) is 0 Å². The van der Waals surface area contributed by atoms with Crippen LogP contribution in [-0.4, -0.2) is 21.1 Å². The first kappa shape index (κ1) is 17.2. The summed E-state index contributed by atoms with van der Waals surface area (Å²) < 4.78 is 1.78. The van der Waals surface area contributed by atoms with Gasteiger partial charge in [0.25, 0.3) is 5.56 Å². The van der Waals surface area contributed by atoms with Crippen molar-refractivity contribution in [3.8, 4) is 0 Å². The third-order valence-electron chi connectivity index (χ3n) is 3.62. The van der Waals surface area contributed by atoms with E-state index < -0.39 is 0 Å². The Morgan fingerprint density at radius 2 is 2.05 bits per heavy atom. The van der Waals surface area contributed by atoms with Crippen LogP contribution in [0.2, 0.25) is 0 Å². The molecule has 0 amide bonds. The highest BCUT2D eigenvalue weighted by Crippen LogP contribution is 2.29. The van der Waals surface area contributed by atoms with Gasteiger partial charge in [-0.25, -0.2) is 4.98 Å². The Bertz CT molecular complexity index is 760. The number of thiophene rings is 1. The van der Waals surface area contributed by atoms with E-state index in [1.807, 2.05) is 27.7 Å². The lowest BCUT2D eigenvalue weighted by Gasteiger charge is -2.15. The molecule has 0 bridgehead atoms. The van der Waals surface area contributed by atoms with Gasteiger partial charge in [-0.05, 0) is 46.6 Å². The van der Waals surface area contributed by atoms with Gasteiger partial charge in [-0.15, -0.1) is 11.3 Å². The van der Waals surface area contributed by atoms with Crippen LogP contribution in [0, 0.1) is 13.8 Å². The van der Waals surface area contributed by atoms with Gasteiger partial charge in [0, 0.05) is 23.1 Å². The summed E-state index contributed by atoms with van der Waals surface area (Å²) in [7, 11) is 0. The summed E-state index contributed by atoms with van der Waals surface area (Å²) in [6, 6.07) is 0.0688. The molecule has 4 nitrogen and oxygen atoms in total. The molecule has 0 spiro atoms. The average Bonchev–Trinajstić information content (AvgIpc) is 2.69. The van der Waals surface area contributed by atoms with Gasteiger partial charge in [0.15, 0.2) is 5.16 Å². The molecule has 120 valence electrons. The number of carbonyl (C=O) groups excluding carboxylic acids is 1. The zero-order valence-electron chi connectivity index (χ0n) is 13.7. The van der Waals surface area contributed by atoms with Crippen LogP contribution in [-0.2, 0) is 4.79 Å². The molecule has 6 heteroatoms. The van der Waals surface area contributed by atoms with Gasteiger partial charge in [0.2, 0.25) is 0 Å². The molecule has 2 rings (SSSR count). The number of rotatable bonds is 6. The summed E-state index contributed by atoms with van der Waals surface area (Å²) in [6.45, 7) is 9.63. The molecule has 0 saturated carbocycles. The van der Waals surface area contributed by atoms with Crippen molar-refractivity contribution in [1.29, 1.82) is 0 Å². The number of fused-ring (bicyclic) bond motifs is 1. The summed E-state index contributed by atoms with van der Waals surface area (Å²) in [4.78, 5) is 30.5. The first-order valence-electron chi connectivity index (χ1n) is 7.47. The minimum atomic E-state index is 0.0518. The van der Waals surface area contributed by atoms with Crippen molar-refractivity contribution < 1.29 is 4.79 Å². The molecule has 22 heavy (non-hydrogen) atoms. The van der Waals surface area contributed by atoms with E-state index in [0.29, 0.717) is 6.42 Å². The predicted octanol–water partition coefficient (Wildman–Crippen LogP) is 4.12. The fourth-order valence-electron chi connectivity index (χ4n) is 2.33. The maximum absolute atomic E-state index is 12.8. The highest BCUT2D eigenvalue weighted by Gasteiger charge is 2.18. The fraction of sp³-hybridized carbons (Fsp3) is 0.562. The smallest absolute Gasteiger partial charge is 0.263 e. The van der Waals surface area contributed by atoms with Crippen LogP contribution < -0.4 is 5.56 Å². The predicted molar refractivity (Wildman–Crippen MR) is 94.4 cm³/mol. The Balaban J connectivity index is 2.42. The molecule has 2 aromatic heterocycles. The molecule has 0 radical (unpaired) electrons. The second-order valence-electron chi connectivity index (χ2n) is 5.78. The van der Waals surface area contributed by atoms with Gasteiger partial charge in [-0.3, -0.25) is 9.36 Å². The Morgan fingerprint density at radius 1 is 1.36 bits per heavy atom. The highest BCUT2D eigenvalue weighted by atomic mass is 32.2. The zero-order valence-corrected chi connectivity index (χ0v) is 15.4. The summed E-state index contributed by atoms with van der Waals surface area (Å²) in [5.74, 6) is 1.00. The molecule has 0 atom stereocenters. The van der Waals surface area contributed by atoms with E-state index in [4.69, 9.17) is 4.98 Å². The van der Waals surface area contributed by atoms with Gasteiger partial charge >= 0.3 is 0 Å². The van der Waals surface area contributed by atoms with Gasteiger partial charge in [-0.2, -0.15) is 0 Å². The van der Waals surface area contributed by atoms with Crippen LogP contribution in [0.4, 0.5) is 0 Å². The Labute approximate surface area is 138 Å². The number of carbonyl (C=O) groups is 1. The second-order valence-corrected chi connectivity index (χ2v) is 8.05. The number of aromatic nitrogens is 2. The SMILES string of the molecule is CC(=O)CCCSc1nc2sc(C)c(C)c2c(=O)n1C(C)C. The van der Waals surface area contributed by atoms with Gasteiger partial charge in [0.05, 0.1) is 5.39 Å². The molecular weight excluding hydrogens is 316 g/mol. The highest BCUT2D eigenvalue weighted by molar-refractivity contribution is 7.99. The molecule has 2 aromatic rings. The van der Waals surface area contributed by atoms with E-state index >= 15 is 0 Å². The van der Waals surface area contributed by atoms with E-state index in [-0.39, 0.29) is 17.4 Å². The molecule has 0 aliphatic rings. The number of hydrogen-bond acceptors (Lipinski definition) is 5. The van der Waals surface area contributed by atoms with Crippen molar-refractivity contribution in [2.45, 2.75) is 58.7 Å². The summed E-state index contributed by atoms with van der Waals surface area (Å²) >= 11 is 3.15. The molecule has 0 aromatic carbocycles. The number of hydrogen-bond donors (Lipinski definition) is 0. The number of aryl methyl sites for hydroxylation is 2. The Kier molecular flexibility index (Phi) is 5.45. The minimum Gasteiger partial charge on any atom is -0.300 e. The molecule has 2 heterocycles. The maximum atomic E-state index is 12.8. The van der Waals surface area contributed by atoms with Gasteiger partial charge in [0.1, 0.15) is 10.6 Å². The largest absolute Gasteiger partial charge is 0.300 e. The number of ketones is 1. The first-order valence-corrected chi connectivity index (χ1v) is 9.27. The fourth-order valence-corrected chi connectivity index (χ4v) is 4.47. The van der Waals surface area contributed by atoms with Crippen molar-refractivity contribution in [1.82, 2.24) is 9.55 Å². The zero-order chi connectivity index (χ0) is 16.4.